The smallest absolute Gasteiger partial charge is 0.410 e. The molecule has 0 spiro atoms. The summed E-state index contributed by atoms with van der Waals surface area (Å²) in [6, 6.07) is 4.01. The van der Waals surface area contributed by atoms with Crippen LogP contribution < -0.4 is 11.1 Å². The molecule has 3 unspecified atom stereocenters. The first-order valence-electron chi connectivity index (χ1n) is 11.8. The zero-order valence-corrected chi connectivity index (χ0v) is 21.7. The highest BCUT2D eigenvalue weighted by atomic mass is 35.5. The van der Waals surface area contributed by atoms with Crippen LogP contribution in [0, 0.1) is 17.7 Å². The molecule has 11 heteroatoms. The molecule has 2 saturated carbocycles. The minimum Gasteiger partial charge on any atom is -0.446 e. The minimum absolute atomic E-state index is 0.00624. The van der Waals surface area contributed by atoms with Gasteiger partial charge in [0.2, 0.25) is 0 Å². The molecule has 1 aromatic heterocycles. The van der Waals surface area contributed by atoms with Gasteiger partial charge in [0.1, 0.15) is 23.3 Å². The third kappa shape index (κ3) is 4.73. The van der Waals surface area contributed by atoms with E-state index < -0.39 is 11.7 Å². The van der Waals surface area contributed by atoms with Gasteiger partial charge in [-0.3, -0.25) is 9.48 Å². The standard InChI is InChI=1S/C24H30ClFN5O3P/c1-24(35)8-16(9-24)34-23(33)31-10-13-5-12(6-14(13)11-31)20-19(21(27)30(2)29-20)22(32)28-15-3-4-18(26)17(25)7-15/h3-4,7,12-14,16H,5-6,8-11,27,35H2,1-2H3,(H,28,32). The summed E-state index contributed by atoms with van der Waals surface area (Å²) in [6.07, 6.45) is 3.18. The summed E-state index contributed by atoms with van der Waals surface area (Å²) in [5, 5.41) is 7.44. The van der Waals surface area contributed by atoms with Gasteiger partial charge in [0.25, 0.3) is 5.91 Å². The summed E-state index contributed by atoms with van der Waals surface area (Å²) in [5.41, 5.74) is 7.59. The number of aryl methyl sites for hydroxylation is 1. The lowest BCUT2D eigenvalue weighted by atomic mass is 9.83. The highest BCUT2D eigenvalue weighted by molar-refractivity contribution is 7.19. The molecule has 2 amide bonds. The van der Waals surface area contributed by atoms with Gasteiger partial charge < -0.3 is 20.7 Å². The van der Waals surface area contributed by atoms with E-state index in [-0.39, 0.29) is 34.1 Å². The number of aromatic nitrogens is 2. The first-order chi connectivity index (χ1) is 16.5. The van der Waals surface area contributed by atoms with E-state index in [1.165, 1.54) is 22.9 Å². The van der Waals surface area contributed by atoms with Crippen LogP contribution in [-0.2, 0) is 11.8 Å². The van der Waals surface area contributed by atoms with Gasteiger partial charge in [-0.05, 0) is 60.9 Å². The molecule has 3 aliphatic rings. The van der Waals surface area contributed by atoms with Crippen molar-refractivity contribution < 1.29 is 18.7 Å². The molecule has 8 nitrogen and oxygen atoms in total. The lowest BCUT2D eigenvalue weighted by Crippen LogP contribution is -2.44. The van der Waals surface area contributed by atoms with Crippen molar-refractivity contribution in [2.45, 2.75) is 49.8 Å². The number of ether oxygens (including phenoxy) is 1. The third-order valence-electron chi connectivity index (χ3n) is 7.57. The fourth-order valence-corrected chi connectivity index (χ4v) is 6.50. The molecular formula is C24H30ClFN5O3P. The number of amides is 2. The summed E-state index contributed by atoms with van der Waals surface area (Å²) >= 11 is 5.85. The fraction of sp³-hybridized carbons (Fsp3) is 0.542. The second-order valence-corrected chi connectivity index (χ2v) is 12.3. The molecule has 1 saturated heterocycles. The summed E-state index contributed by atoms with van der Waals surface area (Å²) in [4.78, 5) is 27.6. The van der Waals surface area contributed by atoms with Crippen molar-refractivity contribution in [3.8, 4) is 0 Å². The number of nitrogens with zero attached hydrogens (tertiary/aromatic N) is 3. The maximum absolute atomic E-state index is 13.5. The van der Waals surface area contributed by atoms with Gasteiger partial charge in [-0.2, -0.15) is 5.10 Å². The van der Waals surface area contributed by atoms with Gasteiger partial charge in [-0.15, -0.1) is 9.24 Å². The highest BCUT2D eigenvalue weighted by Crippen LogP contribution is 2.48. The quantitative estimate of drug-likeness (QED) is 0.580. The second kappa shape index (κ2) is 8.93. The molecule has 0 radical (unpaired) electrons. The van der Waals surface area contributed by atoms with E-state index >= 15 is 0 Å². The Kier molecular flexibility index (Phi) is 6.20. The van der Waals surface area contributed by atoms with Crippen molar-refractivity contribution in [2.24, 2.45) is 18.9 Å². The number of anilines is 2. The topological polar surface area (TPSA) is 102 Å². The van der Waals surface area contributed by atoms with Crippen LogP contribution in [0.3, 0.4) is 0 Å². The van der Waals surface area contributed by atoms with Crippen LogP contribution in [0.25, 0.3) is 0 Å². The molecule has 3 fully saturated rings. The van der Waals surface area contributed by atoms with Crippen LogP contribution in [0.1, 0.15) is 54.6 Å². The normalized spacial score (nSPS) is 29.6. The molecule has 2 heterocycles. The fourth-order valence-electron chi connectivity index (χ4n) is 5.80. The summed E-state index contributed by atoms with van der Waals surface area (Å²) in [6.45, 7) is 3.46. The lowest BCUT2D eigenvalue weighted by molar-refractivity contribution is 0.0152. The first-order valence-corrected chi connectivity index (χ1v) is 12.8. The maximum atomic E-state index is 13.5. The van der Waals surface area contributed by atoms with Crippen LogP contribution in [-0.4, -0.2) is 51.0 Å². The molecule has 3 N–H and O–H groups in total. The summed E-state index contributed by atoms with van der Waals surface area (Å²) < 4.78 is 20.7. The van der Waals surface area contributed by atoms with Gasteiger partial charge >= 0.3 is 6.09 Å². The number of benzene rings is 1. The van der Waals surface area contributed by atoms with Gasteiger partial charge in [0.15, 0.2) is 0 Å². The van der Waals surface area contributed by atoms with Crippen LogP contribution in [0.5, 0.6) is 0 Å². The SMILES string of the molecule is Cn1nc(C2CC3CN(C(=O)OC4CC(C)(P)C4)CC3C2)c(C(=O)Nc2ccc(F)c(Cl)c2)c1N. The average molecular weight is 522 g/mol. The van der Waals surface area contributed by atoms with Crippen molar-refractivity contribution in [1.82, 2.24) is 14.7 Å². The van der Waals surface area contributed by atoms with E-state index in [0.29, 0.717) is 41.9 Å². The molecule has 5 rings (SSSR count). The number of fused-ring (bicyclic) bond motifs is 1. The van der Waals surface area contributed by atoms with E-state index in [1.807, 2.05) is 4.90 Å². The van der Waals surface area contributed by atoms with Gasteiger partial charge in [0, 0.05) is 31.7 Å². The van der Waals surface area contributed by atoms with E-state index in [2.05, 4.69) is 26.6 Å². The molecule has 2 aliphatic carbocycles. The van der Waals surface area contributed by atoms with Crippen molar-refractivity contribution in [1.29, 1.82) is 0 Å². The van der Waals surface area contributed by atoms with Crippen LogP contribution in [0.2, 0.25) is 5.02 Å². The van der Waals surface area contributed by atoms with Crippen molar-refractivity contribution in [2.75, 3.05) is 24.1 Å². The van der Waals surface area contributed by atoms with E-state index in [4.69, 9.17) is 22.1 Å². The largest absolute Gasteiger partial charge is 0.446 e. The number of nitrogen functional groups attached to an aromatic ring is 1. The van der Waals surface area contributed by atoms with Gasteiger partial charge in [-0.1, -0.05) is 18.5 Å². The maximum Gasteiger partial charge on any atom is 0.410 e. The Labute approximate surface area is 210 Å². The Morgan fingerprint density at radius 1 is 1.29 bits per heavy atom. The molecular weight excluding hydrogens is 492 g/mol. The molecule has 188 valence electrons. The predicted molar refractivity (Wildman–Crippen MR) is 135 cm³/mol. The lowest BCUT2D eigenvalue weighted by Gasteiger charge is -2.41. The predicted octanol–water partition coefficient (Wildman–Crippen LogP) is 4.41. The van der Waals surface area contributed by atoms with Crippen LogP contribution in [0.15, 0.2) is 18.2 Å². The Hall–Kier alpha value is -2.38. The molecule has 1 aromatic carbocycles. The van der Waals surface area contributed by atoms with Crippen molar-refractivity contribution in [3.63, 3.8) is 0 Å². The second-order valence-electron chi connectivity index (χ2n) is 10.5. The van der Waals surface area contributed by atoms with Gasteiger partial charge in [-0.25, -0.2) is 9.18 Å². The van der Waals surface area contributed by atoms with Crippen molar-refractivity contribution >= 4 is 44.3 Å². The number of likely N-dealkylation sites (tertiary alicyclic amines) is 1. The zero-order chi connectivity index (χ0) is 25.1. The third-order valence-corrected chi connectivity index (χ3v) is 8.34. The monoisotopic (exact) mass is 521 g/mol. The number of carbonyl (C=O) groups excluding carboxylic acids is 2. The molecule has 2 aromatic rings. The van der Waals surface area contributed by atoms with Crippen LogP contribution in [0.4, 0.5) is 20.7 Å². The van der Waals surface area contributed by atoms with Gasteiger partial charge in [0.05, 0.1) is 10.7 Å². The zero-order valence-electron chi connectivity index (χ0n) is 19.8. The Bertz CT molecular complexity index is 1170. The Balaban J connectivity index is 1.24. The van der Waals surface area contributed by atoms with Crippen molar-refractivity contribution in [3.05, 3.63) is 40.3 Å². The Morgan fingerprint density at radius 3 is 2.54 bits per heavy atom. The number of carbonyl (C=O) groups is 2. The number of halogens is 2. The average Bonchev–Trinajstić information content (AvgIpc) is 3.41. The molecule has 35 heavy (non-hydrogen) atoms. The van der Waals surface area contributed by atoms with E-state index in [1.54, 1.807) is 7.05 Å². The minimum atomic E-state index is -0.558. The van der Waals surface area contributed by atoms with E-state index in [9.17, 15) is 14.0 Å². The number of rotatable bonds is 4. The summed E-state index contributed by atoms with van der Waals surface area (Å²) in [7, 11) is 4.53. The first kappa shape index (κ1) is 24.3. The number of nitrogens with two attached hydrogens (primary N) is 1. The van der Waals surface area contributed by atoms with E-state index in [0.717, 1.165) is 25.7 Å². The molecule has 1 aliphatic heterocycles. The molecule has 0 bridgehead atoms. The highest BCUT2D eigenvalue weighted by Gasteiger charge is 2.46. The number of hydrogen-bond acceptors (Lipinski definition) is 5. The number of hydrogen-bond donors (Lipinski definition) is 2. The number of nitrogens with one attached hydrogen (secondary N) is 1. The Morgan fingerprint density at radius 2 is 1.94 bits per heavy atom. The summed E-state index contributed by atoms with van der Waals surface area (Å²) in [5.74, 6) is 0.0320. The molecule has 3 atom stereocenters. The van der Waals surface area contributed by atoms with Crippen LogP contribution >= 0.6 is 20.8 Å².